The number of hydrogen-bond acceptors (Lipinski definition) is 3. The fraction of sp³-hybridized carbons (Fsp3) is 0.500. The van der Waals surface area contributed by atoms with Crippen molar-refractivity contribution >= 4 is 5.91 Å². The van der Waals surface area contributed by atoms with Crippen LogP contribution in [0.2, 0.25) is 0 Å². The molecule has 1 saturated heterocycles. The zero-order valence-corrected chi connectivity index (χ0v) is 3.02. The third-order valence-corrected chi connectivity index (χ3v) is 0.470. The maximum Gasteiger partial charge on any atom is 0.261 e. The fourth-order valence-electron chi connectivity index (χ4n) is 0.231. The minimum absolute atomic E-state index is 0.130. The van der Waals surface area contributed by atoms with Crippen molar-refractivity contribution in [1.82, 2.24) is 11.0 Å². The highest BCUT2D eigenvalue weighted by Gasteiger charge is 2.05. The molecule has 0 atom stereocenters. The Labute approximate surface area is 34.4 Å². The zero-order valence-electron chi connectivity index (χ0n) is 3.02. The summed E-state index contributed by atoms with van der Waals surface area (Å²) < 4.78 is 0. The van der Waals surface area contributed by atoms with Crippen LogP contribution in [0.25, 0.3) is 0 Å². The van der Waals surface area contributed by atoms with E-state index in [0.717, 1.165) is 0 Å². The van der Waals surface area contributed by atoms with Gasteiger partial charge in [0.15, 0.2) is 0 Å². The number of carbonyl (C=O) groups is 1. The highest BCUT2D eigenvalue weighted by molar-refractivity contribution is 5.77. The molecule has 1 rings (SSSR count). The Hall–Kier alpha value is -0.610. The maximum atomic E-state index is 9.94. The van der Waals surface area contributed by atoms with E-state index in [1.165, 1.54) is 0 Å². The Kier molecular flexibility index (Phi) is 0.736. The lowest BCUT2D eigenvalue weighted by molar-refractivity contribution is -0.124. The number of rotatable bonds is 0. The van der Waals surface area contributed by atoms with Gasteiger partial charge in [0.1, 0.15) is 6.54 Å². The molecular formula is C2H4N2O2. The van der Waals surface area contributed by atoms with Crippen LogP contribution in [0.1, 0.15) is 0 Å². The first-order valence-corrected chi connectivity index (χ1v) is 1.57. The third kappa shape index (κ3) is 0.474. The van der Waals surface area contributed by atoms with Crippen molar-refractivity contribution < 1.29 is 9.73 Å². The highest BCUT2D eigenvalue weighted by atomic mass is 16.8. The predicted molar refractivity (Wildman–Crippen MR) is 17.2 cm³/mol. The Bertz CT molecular complexity index is 63.9. The van der Waals surface area contributed by atoms with Gasteiger partial charge in [0.2, 0.25) is 0 Å². The van der Waals surface area contributed by atoms with E-state index < -0.39 is 0 Å². The van der Waals surface area contributed by atoms with Crippen LogP contribution in [-0.2, 0) is 9.73 Å². The molecule has 1 fully saturated rings. The first-order valence-electron chi connectivity index (χ1n) is 1.57. The molecule has 4 nitrogen and oxygen atoms in total. The zero-order chi connectivity index (χ0) is 4.41. The molecule has 0 bridgehead atoms. The largest absolute Gasteiger partial charge is 0.271 e. The normalized spacial score (nSPS) is 21.0. The molecule has 34 valence electrons. The van der Waals surface area contributed by atoms with Gasteiger partial charge >= 0.3 is 0 Å². The quantitative estimate of drug-likeness (QED) is 0.381. The van der Waals surface area contributed by atoms with Gasteiger partial charge in [-0.05, 0) is 0 Å². The van der Waals surface area contributed by atoms with Crippen molar-refractivity contribution in [2.45, 2.75) is 0 Å². The summed E-state index contributed by atoms with van der Waals surface area (Å²) in [6.45, 7) is 0.264. The molecular weight excluding hydrogens is 84.0 g/mol. The molecule has 0 unspecified atom stereocenters. The van der Waals surface area contributed by atoms with Crippen molar-refractivity contribution in [2.24, 2.45) is 0 Å². The molecule has 6 heavy (non-hydrogen) atoms. The van der Waals surface area contributed by atoms with Crippen LogP contribution >= 0.6 is 0 Å². The van der Waals surface area contributed by atoms with Crippen LogP contribution in [0.3, 0.4) is 0 Å². The molecule has 0 aliphatic carbocycles. The molecule has 4 heteroatoms. The average Bonchev–Trinajstić information content (AvgIpc) is 1.86. The Balaban J connectivity index is 2.37. The van der Waals surface area contributed by atoms with Gasteiger partial charge < -0.3 is 0 Å². The van der Waals surface area contributed by atoms with Gasteiger partial charge in [-0.15, -0.1) is 0 Å². The average molecular weight is 88.1 g/mol. The van der Waals surface area contributed by atoms with E-state index in [-0.39, 0.29) is 12.5 Å². The second kappa shape index (κ2) is 1.24. The highest BCUT2D eigenvalue weighted by Crippen LogP contribution is 1.69. The van der Waals surface area contributed by atoms with Crippen molar-refractivity contribution in [3.63, 3.8) is 0 Å². The van der Waals surface area contributed by atoms with Crippen molar-refractivity contribution in [1.29, 1.82) is 0 Å². The van der Waals surface area contributed by atoms with E-state index in [0.29, 0.717) is 0 Å². The first kappa shape index (κ1) is 3.58. The molecule has 0 aromatic carbocycles. The van der Waals surface area contributed by atoms with E-state index in [4.69, 9.17) is 0 Å². The summed E-state index contributed by atoms with van der Waals surface area (Å²) in [6.07, 6.45) is 0. The number of hydroxylamine groups is 2. The standard InChI is InChI=1S/C2H4N2O2/c5-2-1-3-6-4-2/h3H,1H2,(H,4,5). The predicted octanol–water partition coefficient (Wildman–Crippen LogP) is -1.45. The monoisotopic (exact) mass is 88.0 g/mol. The summed E-state index contributed by atoms with van der Waals surface area (Å²) in [5.74, 6) is -0.130. The lowest BCUT2D eigenvalue weighted by Gasteiger charge is -1.80. The number of carbonyl (C=O) groups excluding carboxylic acids is 1. The summed E-state index contributed by atoms with van der Waals surface area (Å²) >= 11 is 0. The molecule has 0 radical (unpaired) electrons. The Morgan fingerprint density at radius 2 is 2.67 bits per heavy atom. The first-order chi connectivity index (χ1) is 2.89. The van der Waals surface area contributed by atoms with E-state index in [1.807, 2.05) is 0 Å². The van der Waals surface area contributed by atoms with E-state index in [1.54, 1.807) is 0 Å². The number of amides is 1. The van der Waals surface area contributed by atoms with Gasteiger partial charge in [-0.1, -0.05) is 0 Å². The summed E-state index contributed by atoms with van der Waals surface area (Å²) in [7, 11) is 0. The van der Waals surface area contributed by atoms with Crippen molar-refractivity contribution in [3.05, 3.63) is 0 Å². The van der Waals surface area contributed by atoms with Crippen molar-refractivity contribution in [3.8, 4) is 0 Å². The maximum absolute atomic E-state index is 9.94. The molecule has 0 aromatic rings. The minimum atomic E-state index is -0.130. The second-order valence-corrected chi connectivity index (χ2v) is 0.948. The van der Waals surface area contributed by atoms with Gasteiger partial charge in [0, 0.05) is 0 Å². The van der Waals surface area contributed by atoms with E-state index in [2.05, 4.69) is 15.9 Å². The topological polar surface area (TPSA) is 50.4 Å². The molecule has 0 aromatic heterocycles. The van der Waals surface area contributed by atoms with Gasteiger partial charge in [0.25, 0.3) is 5.91 Å². The van der Waals surface area contributed by atoms with Crippen LogP contribution in [-0.4, -0.2) is 12.5 Å². The second-order valence-electron chi connectivity index (χ2n) is 0.948. The summed E-state index contributed by atoms with van der Waals surface area (Å²) in [5, 5.41) is 0. The van der Waals surface area contributed by atoms with Crippen LogP contribution in [0.15, 0.2) is 0 Å². The third-order valence-electron chi connectivity index (χ3n) is 0.470. The van der Waals surface area contributed by atoms with Crippen LogP contribution in [0.5, 0.6) is 0 Å². The molecule has 0 saturated carbocycles. The Morgan fingerprint density at radius 1 is 1.83 bits per heavy atom. The van der Waals surface area contributed by atoms with Crippen LogP contribution in [0, 0.1) is 0 Å². The molecule has 0 spiro atoms. The van der Waals surface area contributed by atoms with Gasteiger partial charge in [0.05, 0.1) is 0 Å². The summed E-state index contributed by atoms with van der Waals surface area (Å²) in [4.78, 5) is 14.2. The van der Waals surface area contributed by atoms with Gasteiger partial charge in [-0.3, -0.25) is 4.79 Å². The van der Waals surface area contributed by atoms with Crippen LogP contribution in [0.4, 0.5) is 0 Å². The SMILES string of the molecule is O=C1CNON1. The molecule has 1 aliphatic heterocycles. The molecule has 1 heterocycles. The summed E-state index contributed by atoms with van der Waals surface area (Å²) in [6, 6.07) is 0. The lowest BCUT2D eigenvalue weighted by Crippen LogP contribution is -2.13. The molecule has 2 N–H and O–H groups in total. The van der Waals surface area contributed by atoms with E-state index >= 15 is 0 Å². The van der Waals surface area contributed by atoms with Crippen LogP contribution < -0.4 is 11.0 Å². The van der Waals surface area contributed by atoms with Gasteiger partial charge in [-0.2, -0.15) is 10.4 Å². The van der Waals surface area contributed by atoms with E-state index in [9.17, 15) is 4.79 Å². The Morgan fingerprint density at radius 3 is 2.83 bits per heavy atom. The lowest BCUT2D eigenvalue weighted by atomic mass is 10.7. The smallest absolute Gasteiger partial charge is 0.261 e. The van der Waals surface area contributed by atoms with Crippen molar-refractivity contribution in [2.75, 3.05) is 6.54 Å². The minimum Gasteiger partial charge on any atom is -0.271 e. The van der Waals surface area contributed by atoms with Gasteiger partial charge in [-0.25, -0.2) is 5.48 Å². The summed E-state index contributed by atoms with van der Waals surface area (Å²) in [5.41, 5.74) is 4.38. The molecule has 1 amide bonds. The number of hydrogen-bond donors (Lipinski definition) is 2. The number of nitrogens with one attached hydrogen (secondary N) is 2. The fourth-order valence-corrected chi connectivity index (χ4v) is 0.231. The molecule has 1 aliphatic rings.